The Balaban J connectivity index is 3.15. The Hall–Kier alpha value is 0.180. The molecule has 0 aromatic carbocycles. The maximum Gasteiger partial charge on any atom is -0.00544 e. The molecule has 0 aromatic heterocycles. The highest BCUT2D eigenvalue weighted by atomic mass is 32.2. The first kappa shape index (κ1) is 10.2. The molecule has 0 unspecified atom stereocenters. The third-order valence-electron chi connectivity index (χ3n) is 0.794. The summed E-state index contributed by atoms with van der Waals surface area (Å²) in [4.78, 5) is 0. The highest BCUT2D eigenvalue weighted by Crippen LogP contribution is 2.02. The van der Waals surface area contributed by atoms with Gasteiger partial charge in [-0.25, -0.2) is 0 Å². The van der Waals surface area contributed by atoms with Crippen molar-refractivity contribution in [3.8, 4) is 0 Å². The summed E-state index contributed by atoms with van der Waals surface area (Å²) in [6.45, 7) is 4.30. The van der Waals surface area contributed by atoms with Crippen LogP contribution in [0, 0.1) is 0 Å². The van der Waals surface area contributed by atoms with Crippen LogP contribution in [0.2, 0.25) is 0 Å². The molecule has 0 aromatic rings. The fraction of sp³-hybridized carbons (Fsp3) is 0.500. The average molecular weight is 174 g/mol. The third-order valence-corrected chi connectivity index (χ3v) is 2.16. The van der Waals surface area contributed by atoms with E-state index in [1.807, 2.05) is 23.5 Å². The van der Waals surface area contributed by atoms with E-state index < -0.39 is 0 Å². The summed E-state index contributed by atoms with van der Waals surface area (Å²) in [5, 5.41) is 4.24. The van der Waals surface area contributed by atoms with Crippen LogP contribution < -0.4 is 0 Å². The van der Waals surface area contributed by atoms with Gasteiger partial charge in [-0.1, -0.05) is 26.0 Å². The lowest BCUT2D eigenvalue weighted by Gasteiger charge is -1.82. The SMILES string of the molecule is CCS/C=C/C=C/SCC. The summed E-state index contributed by atoms with van der Waals surface area (Å²) in [6.07, 6.45) is 4.16. The molecule has 0 rings (SSSR count). The molecule has 2 heteroatoms. The van der Waals surface area contributed by atoms with Crippen molar-refractivity contribution in [3.63, 3.8) is 0 Å². The van der Waals surface area contributed by atoms with Gasteiger partial charge >= 0.3 is 0 Å². The molecule has 0 aliphatic heterocycles. The minimum Gasteiger partial charge on any atom is -0.134 e. The van der Waals surface area contributed by atoms with Crippen molar-refractivity contribution in [3.05, 3.63) is 23.0 Å². The molecule has 0 bridgehead atoms. The van der Waals surface area contributed by atoms with E-state index in [-0.39, 0.29) is 0 Å². The van der Waals surface area contributed by atoms with E-state index in [0.717, 1.165) is 11.5 Å². The topological polar surface area (TPSA) is 0 Å². The smallest absolute Gasteiger partial charge is 0.00544 e. The number of hydrogen-bond acceptors (Lipinski definition) is 2. The number of allylic oxidation sites excluding steroid dienone is 2. The van der Waals surface area contributed by atoms with Crippen LogP contribution in [0.4, 0.5) is 0 Å². The lowest BCUT2D eigenvalue weighted by atomic mass is 10.6. The molecule has 0 nitrogen and oxygen atoms in total. The predicted molar refractivity (Wildman–Crippen MR) is 54.5 cm³/mol. The predicted octanol–water partition coefficient (Wildman–Crippen LogP) is 3.52. The van der Waals surface area contributed by atoms with Gasteiger partial charge < -0.3 is 0 Å². The Labute approximate surface area is 72.2 Å². The van der Waals surface area contributed by atoms with Gasteiger partial charge in [0.15, 0.2) is 0 Å². The fourth-order valence-corrected chi connectivity index (χ4v) is 1.18. The van der Waals surface area contributed by atoms with Crippen LogP contribution >= 0.6 is 23.5 Å². The van der Waals surface area contributed by atoms with E-state index in [9.17, 15) is 0 Å². The van der Waals surface area contributed by atoms with Gasteiger partial charge in [0, 0.05) is 0 Å². The van der Waals surface area contributed by atoms with E-state index >= 15 is 0 Å². The molecule has 0 saturated heterocycles. The van der Waals surface area contributed by atoms with Crippen molar-refractivity contribution >= 4 is 23.5 Å². The first-order chi connectivity index (χ1) is 4.91. The molecule has 0 heterocycles. The van der Waals surface area contributed by atoms with E-state index in [4.69, 9.17) is 0 Å². The molecule has 10 heavy (non-hydrogen) atoms. The van der Waals surface area contributed by atoms with Crippen molar-refractivity contribution in [2.75, 3.05) is 11.5 Å². The molecule has 0 amide bonds. The number of hydrogen-bond donors (Lipinski definition) is 0. The summed E-state index contributed by atoms with van der Waals surface area (Å²) >= 11 is 3.65. The zero-order valence-electron chi connectivity index (χ0n) is 6.54. The summed E-state index contributed by atoms with van der Waals surface area (Å²) in [7, 11) is 0. The minimum atomic E-state index is 1.16. The Morgan fingerprint density at radius 2 is 1.30 bits per heavy atom. The Morgan fingerprint density at radius 1 is 0.900 bits per heavy atom. The zero-order chi connectivity index (χ0) is 7.66. The van der Waals surface area contributed by atoms with E-state index in [0.29, 0.717) is 0 Å². The van der Waals surface area contributed by atoms with Gasteiger partial charge in [0.2, 0.25) is 0 Å². The quantitative estimate of drug-likeness (QED) is 0.585. The highest BCUT2D eigenvalue weighted by Gasteiger charge is 1.70. The molecule has 0 N–H and O–H groups in total. The van der Waals surface area contributed by atoms with Crippen LogP contribution in [0.5, 0.6) is 0 Å². The standard InChI is InChI=1S/C8H14S2/c1-3-9-7-5-6-8-10-4-2/h5-8H,3-4H2,1-2H3/b7-5+,8-6+. The maximum absolute atomic E-state index is 2.15. The van der Waals surface area contributed by atoms with E-state index in [1.165, 1.54) is 0 Å². The monoisotopic (exact) mass is 174 g/mol. The van der Waals surface area contributed by atoms with Crippen LogP contribution in [0.25, 0.3) is 0 Å². The van der Waals surface area contributed by atoms with Crippen LogP contribution in [0.1, 0.15) is 13.8 Å². The van der Waals surface area contributed by atoms with Gasteiger partial charge in [-0.15, -0.1) is 23.5 Å². The highest BCUT2D eigenvalue weighted by molar-refractivity contribution is 8.02. The van der Waals surface area contributed by atoms with Crippen LogP contribution in [0.15, 0.2) is 23.0 Å². The maximum atomic E-state index is 2.15. The first-order valence-corrected chi connectivity index (χ1v) is 5.56. The molecule has 58 valence electrons. The Bertz CT molecular complexity index is 91.8. The summed E-state index contributed by atoms with van der Waals surface area (Å²) in [5.41, 5.74) is 0. The van der Waals surface area contributed by atoms with Crippen molar-refractivity contribution in [1.29, 1.82) is 0 Å². The molecule has 0 aliphatic rings. The molecule has 0 spiro atoms. The Kier molecular flexibility index (Phi) is 9.35. The molecule has 0 aliphatic carbocycles. The van der Waals surface area contributed by atoms with Gasteiger partial charge in [-0.05, 0) is 22.3 Å². The lowest BCUT2D eigenvalue weighted by Crippen LogP contribution is -1.57. The van der Waals surface area contributed by atoms with Gasteiger partial charge in [-0.2, -0.15) is 0 Å². The lowest BCUT2D eigenvalue weighted by molar-refractivity contribution is 1.53. The van der Waals surface area contributed by atoms with Crippen molar-refractivity contribution in [1.82, 2.24) is 0 Å². The second kappa shape index (κ2) is 9.18. The zero-order valence-corrected chi connectivity index (χ0v) is 8.17. The van der Waals surface area contributed by atoms with Gasteiger partial charge in [0.25, 0.3) is 0 Å². The summed E-state index contributed by atoms with van der Waals surface area (Å²) in [6, 6.07) is 0. The van der Waals surface area contributed by atoms with Crippen LogP contribution in [-0.2, 0) is 0 Å². The van der Waals surface area contributed by atoms with Crippen LogP contribution in [0.3, 0.4) is 0 Å². The van der Waals surface area contributed by atoms with Gasteiger partial charge in [-0.3, -0.25) is 0 Å². The summed E-state index contributed by atoms with van der Waals surface area (Å²) in [5.74, 6) is 2.32. The van der Waals surface area contributed by atoms with Crippen molar-refractivity contribution in [2.24, 2.45) is 0 Å². The third kappa shape index (κ3) is 8.18. The van der Waals surface area contributed by atoms with Gasteiger partial charge in [0.1, 0.15) is 0 Å². The van der Waals surface area contributed by atoms with Crippen molar-refractivity contribution in [2.45, 2.75) is 13.8 Å². The molecule has 0 fully saturated rings. The molecular formula is C8H14S2. The fourth-order valence-electron chi connectivity index (χ4n) is 0.394. The van der Waals surface area contributed by atoms with Gasteiger partial charge in [0.05, 0.1) is 0 Å². The second-order valence-corrected chi connectivity index (χ2v) is 3.93. The number of thioether (sulfide) groups is 2. The molecule has 0 saturated carbocycles. The van der Waals surface area contributed by atoms with Crippen molar-refractivity contribution < 1.29 is 0 Å². The number of rotatable bonds is 5. The van der Waals surface area contributed by atoms with Crippen LogP contribution in [-0.4, -0.2) is 11.5 Å². The Morgan fingerprint density at radius 3 is 1.60 bits per heavy atom. The summed E-state index contributed by atoms with van der Waals surface area (Å²) < 4.78 is 0. The first-order valence-electron chi connectivity index (χ1n) is 3.46. The molecular weight excluding hydrogens is 160 g/mol. The van der Waals surface area contributed by atoms with E-state index in [2.05, 4.69) is 36.8 Å². The van der Waals surface area contributed by atoms with E-state index in [1.54, 1.807) is 0 Å². The molecule has 0 radical (unpaired) electrons. The largest absolute Gasteiger partial charge is 0.134 e. The minimum absolute atomic E-state index is 1.16. The normalized spacial score (nSPS) is 11.8. The molecule has 0 atom stereocenters. The average Bonchev–Trinajstić information content (AvgIpc) is 1.97. The second-order valence-electron chi connectivity index (χ2n) is 1.57.